The third kappa shape index (κ3) is 5.54. The van der Waals surface area contributed by atoms with Gasteiger partial charge in [-0.1, -0.05) is 30.3 Å². The molecule has 1 N–H and O–H groups in total. The minimum atomic E-state index is -0.238. The third-order valence-corrected chi connectivity index (χ3v) is 6.06. The van der Waals surface area contributed by atoms with Crippen LogP contribution in [0.25, 0.3) is 10.9 Å². The van der Waals surface area contributed by atoms with E-state index >= 15 is 0 Å². The van der Waals surface area contributed by atoms with Crippen molar-refractivity contribution < 1.29 is 14.3 Å². The van der Waals surface area contributed by atoms with Gasteiger partial charge in [0.25, 0.3) is 5.56 Å². The van der Waals surface area contributed by atoms with Crippen molar-refractivity contribution in [2.75, 3.05) is 19.5 Å². The van der Waals surface area contributed by atoms with Gasteiger partial charge < -0.3 is 14.8 Å². The van der Waals surface area contributed by atoms with Gasteiger partial charge in [-0.3, -0.25) is 14.2 Å². The number of nitrogens with zero attached hydrogens (tertiary/aromatic N) is 1. The molecule has 0 fully saturated rings. The standard InChI is InChI=1S/C29H30N2O4/c1-19-6-5-7-24(14-19)30-28(32)18-31-25-15-20(2)8-11-22(25)17-23(29(31)33)12-9-21-10-13-26(34-3)27(16-21)35-4/h5-8,10-11,13-17H,9,12,18H2,1-4H3,(H,30,32). The molecule has 3 aromatic carbocycles. The summed E-state index contributed by atoms with van der Waals surface area (Å²) in [4.78, 5) is 26.4. The molecule has 0 saturated heterocycles. The number of benzene rings is 3. The summed E-state index contributed by atoms with van der Waals surface area (Å²) in [6.07, 6.45) is 1.19. The Morgan fingerprint density at radius 1 is 0.857 bits per heavy atom. The van der Waals surface area contributed by atoms with Crippen molar-refractivity contribution >= 4 is 22.5 Å². The molecule has 1 amide bonds. The number of carbonyl (C=O) groups is 1. The van der Waals surface area contributed by atoms with Crippen molar-refractivity contribution in [3.63, 3.8) is 0 Å². The highest BCUT2D eigenvalue weighted by Gasteiger charge is 2.14. The number of nitrogens with one attached hydrogen (secondary N) is 1. The average Bonchev–Trinajstić information content (AvgIpc) is 2.84. The molecule has 1 aromatic heterocycles. The minimum Gasteiger partial charge on any atom is -0.493 e. The van der Waals surface area contributed by atoms with Crippen LogP contribution in [0.1, 0.15) is 22.3 Å². The number of carbonyl (C=O) groups excluding carboxylic acids is 1. The third-order valence-electron chi connectivity index (χ3n) is 6.06. The molecule has 4 rings (SSSR count). The Morgan fingerprint density at radius 2 is 1.63 bits per heavy atom. The van der Waals surface area contributed by atoms with E-state index in [1.54, 1.807) is 18.8 Å². The minimum absolute atomic E-state index is 0.0586. The number of amides is 1. The predicted molar refractivity (Wildman–Crippen MR) is 140 cm³/mol. The summed E-state index contributed by atoms with van der Waals surface area (Å²) in [5, 5.41) is 3.85. The summed E-state index contributed by atoms with van der Waals surface area (Å²) in [6, 6.07) is 21.3. The first-order valence-corrected chi connectivity index (χ1v) is 11.6. The number of methoxy groups -OCH3 is 2. The monoisotopic (exact) mass is 470 g/mol. The van der Waals surface area contributed by atoms with Gasteiger partial charge in [-0.2, -0.15) is 0 Å². The molecule has 0 saturated carbocycles. The average molecular weight is 471 g/mol. The number of aryl methyl sites for hydroxylation is 4. The molecule has 0 radical (unpaired) electrons. The number of rotatable bonds is 8. The maximum Gasteiger partial charge on any atom is 0.254 e. The summed E-state index contributed by atoms with van der Waals surface area (Å²) in [6.45, 7) is 3.89. The van der Waals surface area contributed by atoms with Crippen molar-refractivity contribution in [1.29, 1.82) is 0 Å². The Morgan fingerprint density at radius 3 is 2.37 bits per heavy atom. The van der Waals surface area contributed by atoms with E-state index in [-0.39, 0.29) is 18.0 Å². The van der Waals surface area contributed by atoms with E-state index in [2.05, 4.69) is 5.32 Å². The summed E-state index contributed by atoms with van der Waals surface area (Å²) in [7, 11) is 3.21. The zero-order chi connectivity index (χ0) is 24.9. The highest BCUT2D eigenvalue weighted by Crippen LogP contribution is 2.28. The van der Waals surface area contributed by atoms with E-state index in [1.807, 2.05) is 80.6 Å². The smallest absolute Gasteiger partial charge is 0.254 e. The van der Waals surface area contributed by atoms with Crippen molar-refractivity contribution in [2.45, 2.75) is 33.2 Å². The van der Waals surface area contributed by atoms with Gasteiger partial charge in [0.2, 0.25) is 5.91 Å². The van der Waals surface area contributed by atoms with Crippen LogP contribution in [0.15, 0.2) is 71.5 Å². The van der Waals surface area contributed by atoms with Crippen LogP contribution in [0.5, 0.6) is 11.5 Å². The molecule has 1 heterocycles. The molecular weight excluding hydrogens is 440 g/mol. The van der Waals surface area contributed by atoms with Crippen LogP contribution in [0.4, 0.5) is 5.69 Å². The molecule has 180 valence electrons. The van der Waals surface area contributed by atoms with E-state index in [9.17, 15) is 9.59 Å². The quantitative estimate of drug-likeness (QED) is 0.391. The predicted octanol–water partition coefficient (Wildman–Crippen LogP) is 5.06. The van der Waals surface area contributed by atoms with Crippen LogP contribution in [0.2, 0.25) is 0 Å². The van der Waals surface area contributed by atoms with E-state index in [0.29, 0.717) is 35.6 Å². The molecule has 4 aromatic rings. The van der Waals surface area contributed by atoms with Gasteiger partial charge in [0, 0.05) is 11.3 Å². The zero-order valence-electron chi connectivity index (χ0n) is 20.6. The first kappa shape index (κ1) is 24.1. The number of fused-ring (bicyclic) bond motifs is 1. The highest BCUT2D eigenvalue weighted by molar-refractivity contribution is 5.92. The van der Waals surface area contributed by atoms with Crippen LogP contribution < -0.4 is 20.3 Å². The lowest BCUT2D eigenvalue weighted by Crippen LogP contribution is -2.30. The van der Waals surface area contributed by atoms with Crippen LogP contribution in [0, 0.1) is 13.8 Å². The second-order valence-corrected chi connectivity index (χ2v) is 8.73. The zero-order valence-corrected chi connectivity index (χ0v) is 20.6. The molecule has 0 bridgehead atoms. The maximum absolute atomic E-state index is 13.5. The number of anilines is 1. The lowest BCUT2D eigenvalue weighted by molar-refractivity contribution is -0.116. The van der Waals surface area contributed by atoms with Gasteiger partial charge in [-0.05, 0) is 85.2 Å². The molecule has 0 aliphatic rings. The van der Waals surface area contributed by atoms with Gasteiger partial charge in [0.1, 0.15) is 6.54 Å². The van der Waals surface area contributed by atoms with Crippen molar-refractivity contribution in [3.8, 4) is 11.5 Å². The normalized spacial score (nSPS) is 10.9. The van der Waals surface area contributed by atoms with E-state index in [0.717, 1.165) is 27.6 Å². The Bertz CT molecular complexity index is 1440. The Labute approximate surface area is 205 Å². The Balaban J connectivity index is 1.64. The van der Waals surface area contributed by atoms with E-state index in [4.69, 9.17) is 9.47 Å². The van der Waals surface area contributed by atoms with Gasteiger partial charge in [-0.25, -0.2) is 0 Å². The summed E-state index contributed by atoms with van der Waals surface area (Å²) in [5.41, 5.74) is 5.11. The Hall–Kier alpha value is -4.06. The number of pyridine rings is 1. The molecule has 0 spiro atoms. The largest absolute Gasteiger partial charge is 0.493 e. The molecule has 0 atom stereocenters. The fraction of sp³-hybridized carbons (Fsp3) is 0.241. The second kappa shape index (κ2) is 10.5. The van der Waals surface area contributed by atoms with E-state index < -0.39 is 0 Å². The summed E-state index contributed by atoms with van der Waals surface area (Å²) in [5.74, 6) is 1.08. The summed E-state index contributed by atoms with van der Waals surface area (Å²) < 4.78 is 12.3. The Kier molecular flexibility index (Phi) is 7.20. The van der Waals surface area contributed by atoms with Crippen LogP contribution in [-0.2, 0) is 24.2 Å². The lowest BCUT2D eigenvalue weighted by atomic mass is 10.0. The molecule has 35 heavy (non-hydrogen) atoms. The maximum atomic E-state index is 13.5. The molecule has 0 aliphatic heterocycles. The van der Waals surface area contributed by atoms with Gasteiger partial charge in [0.15, 0.2) is 11.5 Å². The number of hydrogen-bond donors (Lipinski definition) is 1. The summed E-state index contributed by atoms with van der Waals surface area (Å²) >= 11 is 0. The SMILES string of the molecule is COc1ccc(CCc2cc3ccc(C)cc3n(CC(=O)Nc3cccc(C)c3)c2=O)cc1OC. The number of ether oxygens (including phenoxy) is 2. The molecule has 0 unspecified atom stereocenters. The number of aromatic nitrogens is 1. The van der Waals surface area contributed by atoms with Crippen LogP contribution in [0.3, 0.4) is 0 Å². The van der Waals surface area contributed by atoms with Crippen LogP contribution in [-0.4, -0.2) is 24.7 Å². The number of hydrogen-bond acceptors (Lipinski definition) is 4. The first-order valence-electron chi connectivity index (χ1n) is 11.6. The topological polar surface area (TPSA) is 69.6 Å². The van der Waals surface area contributed by atoms with Gasteiger partial charge in [-0.15, -0.1) is 0 Å². The fourth-order valence-corrected chi connectivity index (χ4v) is 4.26. The van der Waals surface area contributed by atoms with E-state index in [1.165, 1.54) is 0 Å². The first-order chi connectivity index (χ1) is 16.9. The molecule has 6 nitrogen and oxygen atoms in total. The molecular formula is C29H30N2O4. The molecule has 6 heteroatoms. The molecule has 0 aliphatic carbocycles. The van der Waals surface area contributed by atoms with Gasteiger partial charge >= 0.3 is 0 Å². The van der Waals surface area contributed by atoms with Crippen molar-refractivity contribution in [1.82, 2.24) is 4.57 Å². The van der Waals surface area contributed by atoms with Gasteiger partial charge in [0.05, 0.1) is 19.7 Å². The lowest BCUT2D eigenvalue weighted by Gasteiger charge is -2.14. The van der Waals surface area contributed by atoms with Crippen molar-refractivity contribution in [3.05, 3.63) is 99.3 Å². The van der Waals surface area contributed by atoms with Crippen molar-refractivity contribution in [2.24, 2.45) is 0 Å². The second-order valence-electron chi connectivity index (χ2n) is 8.73. The fourth-order valence-electron chi connectivity index (χ4n) is 4.26. The highest BCUT2D eigenvalue weighted by atomic mass is 16.5. The van der Waals surface area contributed by atoms with Crippen LogP contribution >= 0.6 is 0 Å².